The summed E-state index contributed by atoms with van der Waals surface area (Å²) in [4.78, 5) is 2.38. The van der Waals surface area contributed by atoms with Crippen LogP contribution in [-0.2, 0) is 15.5 Å². The van der Waals surface area contributed by atoms with Crippen molar-refractivity contribution in [3.63, 3.8) is 0 Å². The Morgan fingerprint density at radius 2 is 1.49 bits per heavy atom. The van der Waals surface area contributed by atoms with Gasteiger partial charge in [-0.15, -0.1) is 17.8 Å². The third-order valence-electron chi connectivity index (χ3n) is 5.90. The fraction of sp³-hybridized carbons (Fsp3) is 0.548. The predicted octanol–water partition coefficient (Wildman–Crippen LogP) is 9.46. The second-order valence-corrected chi connectivity index (χ2v) is 17.4. The highest BCUT2D eigenvalue weighted by Crippen LogP contribution is 2.46. The van der Waals surface area contributed by atoms with Gasteiger partial charge in [0.1, 0.15) is 12.4 Å². The molecule has 1 aromatic heterocycles. The molecule has 0 amide bonds. The Labute approximate surface area is 234 Å². The molecule has 2 atom stereocenters. The molecule has 2 radical (unpaired) electrons. The van der Waals surface area contributed by atoms with Crippen LogP contribution in [0.25, 0.3) is 5.57 Å². The number of allylic oxidation sites excluding steroid dienone is 2. The van der Waals surface area contributed by atoms with E-state index < -0.39 is 18.1 Å². The lowest BCUT2D eigenvalue weighted by molar-refractivity contribution is 0.0653. The number of ether oxygens (including phenoxy) is 1. The van der Waals surface area contributed by atoms with E-state index in [1.807, 2.05) is 6.08 Å². The van der Waals surface area contributed by atoms with Crippen molar-refractivity contribution in [1.82, 2.24) is 0 Å². The molecule has 6 heteroatoms. The summed E-state index contributed by atoms with van der Waals surface area (Å²) in [5.74, 6) is 3.51. The molecule has 37 heavy (non-hydrogen) atoms. The average Bonchev–Trinajstić information content (AvgIpc) is 3.25. The maximum Gasteiger partial charge on any atom is 0.205 e. The van der Waals surface area contributed by atoms with E-state index in [4.69, 9.17) is 20.0 Å². The van der Waals surface area contributed by atoms with Gasteiger partial charge in [-0.1, -0.05) is 60.5 Å². The van der Waals surface area contributed by atoms with Crippen molar-refractivity contribution in [2.75, 3.05) is 0 Å². The quantitative estimate of drug-likeness (QED) is 0.204. The van der Waals surface area contributed by atoms with Gasteiger partial charge < -0.3 is 13.6 Å². The highest BCUT2D eigenvalue weighted by atomic mass is 32.1. The molecule has 0 fully saturated rings. The van der Waals surface area contributed by atoms with Crippen molar-refractivity contribution in [1.29, 1.82) is 0 Å². The number of thiophene rings is 1. The van der Waals surface area contributed by atoms with Crippen LogP contribution < -0.4 is 4.74 Å². The van der Waals surface area contributed by atoms with Gasteiger partial charge in [0.25, 0.3) is 0 Å². The standard InChI is InChI=1S/C31H46O3SSi2/c1-13-15-22(14-2)27-19-17-24(35-27)21-32-23-16-18-25(28(30(3,4)5)33-36(9)10)26(20-23)29(31(6,7)8)34-37(11)12/h1,15-20,28-29H,14,21H2,2-12H3. The first-order valence-corrected chi connectivity index (χ1v) is 18.7. The van der Waals surface area contributed by atoms with E-state index >= 15 is 0 Å². The number of terminal acetylenes is 1. The average molecular weight is 555 g/mol. The largest absolute Gasteiger partial charge is 0.488 e. The predicted molar refractivity (Wildman–Crippen MR) is 164 cm³/mol. The first-order valence-electron chi connectivity index (χ1n) is 13.1. The molecule has 2 unspecified atom stereocenters. The summed E-state index contributed by atoms with van der Waals surface area (Å²) < 4.78 is 19.7. The van der Waals surface area contributed by atoms with Crippen LogP contribution in [0.2, 0.25) is 26.2 Å². The van der Waals surface area contributed by atoms with E-state index in [0.717, 1.165) is 12.2 Å². The molecule has 0 bridgehead atoms. The Morgan fingerprint density at radius 1 is 0.919 bits per heavy atom. The van der Waals surface area contributed by atoms with Crippen LogP contribution in [0.4, 0.5) is 0 Å². The zero-order chi connectivity index (χ0) is 28.0. The molecule has 0 N–H and O–H groups in total. The summed E-state index contributed by atoms with van der Waals surface area (Å²) in [6.45, 7) is 25.0. The summed E-state index contributed by atoms with van der Waals surface area (Å²) >= 11 is 1.74. The Hall–Kier alpha value is -1.63. The smallest absolute Gasteiger partial charge is 0.205 e. The second-order valence-electron chi connectivity index (χ2n) is 12.1. The van der Waals surface area contributed by atoms with Gasteiger partial charge in [0.2, 0.25) is 18.1 Å². The monoisotopic (exact) mass is 554 g/mol. The molecule has 3 nitrogen and oxygen atoms in total. The third kappa shape index (κ3) is 9.26. The zero-order valence-corrected chi connectivity index (χ0v) is 27.6. The van der Waals surface area contributed by atoms with E-state index in [2.05, 4.69) is 111 Å². The molecule has 202 valence electrons. The van der Waals surface area contributed by atoms with Crippen LogP contribution in [0, 0.1) is 23.2 Å². The van der Waals surface area contributed by atoms with E-state index in [1.54, 1.807) is 11.3 Å². The molecule has 0 aliphatic heterocycles. The summed E-state index contributed by atoms with van der Waals surface area (Å²) in [5, 5.41) is 0. The molecule has 2 aromatic rings. The van der Waals surface area contributed by atoms with Gasteiger partial charge in [-0.25, -0.2) is 0 Å². The maximum absolute atomic E-state index is 6.67. The van der Waals surface area contributed by atoms with Gasteiger partial charge >= 0.3 is 0 Å². The molecule has 1 heterocycles. The highest BCUT2D eigenvalue weighted by molar-refractivity contribution is 7.13. The van der Waals surface area contributed by atoms with Gasteiger partial charge in [0, 0.05) is 9.75 Å². The van der Waals surface area contributed by atoms with E-state index in [0.29, 0.717) is 6.61 Å². The Balaban J connectivity index is 2.50. The molecular weight excluding hydrogens is 509 g/mol. The van der Waals surface area contributed by atoms with Crippen molar-refractivity contribution in [3.05, 3.63) is 57.3 Å². The van der Waals surface area contributed by atoms with Crippen LogP contribution in [0.5, 0.6) is 5.75 Å². The minimum atomic E-state index is -0.935. The minimum absolute atomic E-state index is 0.0199. The molecule has 0 saturated heterocycles. The van der Waals surface area contributed by atoms with E-state index in [9.17, 15) is 0 Å². The van der Waals surface area contributed by atoms with Crippen molar-refractivity contribution < 1.29 is 13.6 Å². The van der Waals surface area contributed by atoms with Crippen molar-refractivity contribution in [2.45, 2.75) is 99.9 Å². The fourth-order valence-corrected chi connectivity index (χ4v) is 7.13. The lowest BCUT2D eigenvalue weighted by Gasteiger charge is -2.39. The number of hydrogen-bond acceptors (Lipinski definition) is 4. The second kappa shape index (κ2) is 13.4. The summed E-state index contributed by atoms with van der Waals surface area (Å²) in [6.07, 6.45) is 8.21. The normalized spacial score (nSPS) is 14.6. The van der Waals surface area contributed by atoms with Gasteiger partial charge in [0.15, 0.2) is 0 Å². The summed E-state index contributed by atoms with van der Waals surface area (Å²) in [5.41, 5.74) is 3.45. The SMILES string of the molecule is C#CC=C(CC)c1ccc(COc2ccc(C(O[Si](C)C)C(C)(C)C)c(C(O[Si](C)C)C(C)(C)C)c2)s1. The third-order valence-corrected chi connectivity index (χ3v) is 8.45. The van der Waals surface area contributed by atoms with E-state index in [-0.39, 0.29) is 23.0 Å². The van der Waals surface area contributed by atoms with Crippen LogP contribution in [0.15, 0.2) is 36.4 Å². The van der Waals surface area contributed by atoms with Crippen molar-refractivity contribution >= 4 is 35.0 Å². The van der Waals surface area contributed by atoms with Crippen molar-refractivity contribution in [2.24, 2.45) is 10.8 Å². The Bertz CT molecular complexity index is 1080. The Kier molecular flexibility index (Phi) is 11.5. The molecular formula is C31H46O3SSi2. The topological polar surface area (TPSA) is 27.7 Å². The summed E-state index contributed by atoms with van der Waals surface area (Å²) in [6, 6.07) is 10.8. The van der Waals surface area contributed by atoms with Gasteiger partial charge in [-0.2, -0.15) is 0 Å². The van der Waals surface area contributed by atoms with Crippen molar-refractivity contribution in [3.8, 4) is 18.1 Å². The molecule has 0 spiro atoms. The summed E-state index contributed by atoms with van der Waals surface area (Å²) in [7, 11) is -1.85. The van der Waals surface area contributed by atoms with Gasteiger partial charge in [-0.3, -0.25) is 0 Å². The maximum atomic E-state index is 6.67. The fourth-order valence-electron chi connectivity index (χ4n) is 4.22. The molecule has 1 aromatic carbocycles. The van der Waals surface area contributed by atoms with E-state index in [1.165, 1.54) is 26.5 Å². The van der Waals surface area contributed by atoms with Gasteiger partial charge in [0.05, 0.1) is 12.2 Å². The van der Waals surface area contributed by atoms with Crippen LogP contribution in [0.3, 0.4) is 0 Å². The number of benzene rings is 1. The van der Waals surface area contributed by atoms with Crippen LogP contribution in [-0.4, -0.2) is 18.1 Å². The zero-order valence-electron chi connectivity index (χ0n) is 24.7. The first-order chi connectivity index (χ1) is 17.2. The number of rotatable bonds is 11. The lowest BCUT2D eigenvalue weighted by atomic mass is 9.77. The van der Waals surface area contributed by atoms with Crippen LogP contribution in [0.1, 0.15) is 88.0 Å². The molecule has 0 saturated carbocycles. The molecule has 0 aliphatic rings. The first kappa shape index (κ1) is 31.6. The minimum Gasteiger partial charge on any atom is -0.488 e. The highest BCUT2D eigenvalue weighted by Gasteiger charge is 2.36. The lowest BCUT2D eigenvalue weighted by Crippen LogP contribution is -2.31. The molecule has 0 aliphatic carbocycles. The van der Waals surface area contributed by atoms with Crippen LogP contribution >= 0.6 is 11.3 Å². The molecule has 2 rings (SSSR count). The number of hydrogen-bond donors (Lipinski definition) is 0. The van der Waals surface area contributed by atoms with Gasteiger partial charge in [-0.05, 0) is 90.5 Å². The Morgan fingerprint density at radius 3 is 1.97 bits per heavy atom.